The molecule has 6 heteroatoms. The van der Waals surface area contributed by atoms with E-state index in [9.17, 15) is 0 Å². The second-order valence-corrected chi connectivity index (χ2v) is 14.6. The first-order valence-corrected chi connectivity index (χ1v) is 16.2. The van der Waals surface area contributed by atoms with Crippen molar-refractivity contribution in [2.75, 3.05) is 46.0 Å². The minimum absolute atomic E-state index is 0.0159. The third kappa shape index (κ3) is 6.72. The standard InChI is InChI=1S/C33H51N3O2S/c1-24-30(39-34-13-14-35-15-18-37-19-16-35)22-29(36(24)23-25-10-8-7-9-11-25)26-20-27(32(2,3)4)31-28(21-26)33(5,6)12-17-38-31/h20-22,25,34H,7-19,23H2,1-6H3. The molecule has 5 nitrogen and oxygen atoms in total. The third-order valence-corrected chi connectivity index (χ3v) is 10.2. The van der Waals surface area contributed by atoms with E-state index >= 15 is 0 Å². The van der Waals surface area contributed by atoms with Crippen LogP contribution >= 0.6 is 11.9 Å². The van der Waals surface area contributed by atoms with Crippen molar-refractivity contribution in [3.05, 3.63) is 35.0 Å². The van der Waals surface area contributed by atoms with Gasteiger partial charge in [0.05, 0.1) is 19.8 Å². The van der Waals surface area contributed by atoms with Gasteiger partial charge in [0, 0.05) is 60.1 Å². The maximum absolute atomic E-state index is 6.37. The first kappa shape index (κ1) is 29.0. The van der Waals surface area contributed by atoms with E-state index in [0.717, 1.165) is 70.6 Å². The summed E-state index contributed by atoms with van der Waals surface area (Å²) < 4.78 is 18.2. The minimum atomic E-state index is 0.0159. The van der Waals surface area contributed by atoms with E-state index in [2.05, 4.69) is 73.9 Å². The number of nitrogens with zero attached hydrogens (tertiary/aromatic N) is 2. The monoisotopic (exact) mass is 553 g/mol. The summed E-state index contributed by atoms with van der Waals surface area (Å²) in [5, 5.41) is 0. The molecule has 2 aromatic rings. The molecule has 0 atom stereocenters. The largest absolute Gasteiger partial charge is 0.493 e. The van der Waals surface area contributed by atoms with Crippen molar-refractivity contribution >= 4 is 11.9 Å². The molecule has 5 rings (SSSR count). The predicted molar refractivity (Wildman–Crippen MR) is 164 cm³/mol. The molecule has 1 saturated heterocycles. The van der Waals surface area contributed by atoms with Crippen molar-refractivity contribution in [2.24, 2.45) is 5.92 Å². The highest BCUT2D eigenvalue weighted by Gasteiger charge is 2.34. The molecule has 3 heterocycles. The zero-order valence-corrected chi connectivity index (χ0v) is 26.1. The van der Waals surface area contributed by atoms with Gasteiger partial charge in [-0.05, 0) is 78.6 Å². The topological polar surface area (TPSA) is 38.7 Å². The Bertz CT molecular complexity index is 1100. The van der Waals surface area contributed by atoms with Gasteiger partial charge in [-0.1, -0.05) is 53.9 Å². The maximum Gasteiger partial charge on any atom is 0.126 e. The smallest absolute Gasteiger partial charge is 0.126 e. The lowest BCUT2D eigenvalue weighted by atomic mass is 9.74. The first-order valence-electron chi connectivity index (χ1n) is 15.4. The van der Waals surface area contributed by atoms with Crippen molar-refractivity contribution in [1.29, 1.82) is 0 Å². The summed E-state index contributed by atoms with van der Waals surface area (Å²) in [7, 11) is 0. The van der Waals surface area contributed by atoms with Crippen molar-refractivity contribution in [3.63, 3.8) is 0 Å². The van der Waals surface area contributed by atoms with Gasteiger partial charge >= 0.3 is 0 Å². The van der Waals surface area contributed by atoms with Gasteiger partial charge in [0.25, 0.3) is 0 Å². The lowest BCUT2D eigenvalue weighted by Crippen LogP contribution is -2.39. The lowest BCUT2D eigenvalue weighted by molar-refractivity contribution is 0.0391. The van der Waals surface area contributed by atoms with Gasteiger partial charge in [-0.15, -0.1) is 0 Å². The van der Waals surface area contributed by atoms with Crippen LogP contribution in [-0.4, -0.2) is 55.5 Å². The molecule has 3 aliphatic rings. The number of hydrogen-bond donors (Lipinski definition) is 1. The zero-order chi connectivity index (χ0) is 27.6. The SMILES string of the molecule is Cc1c(SNCCN2CCOCC2)cc(-c2cc(C(C)(C)C)c3c(c2)C(C)(C)CCO3)n1CC1CCCCC1. The predicted octanol–water partition coefficient (Wildman–Crippen LogP) is 7.33. The second kappa shape index (κ2) is 12.2. The molecule has 216 valence electrons. The second-order valence-electron chi connectivity index (χ2n) is 13.7. The summed E-state index contributed by atoms with van der Waals surface area (Å²) in [5.41, 5.74) is 6.94. The molecule has 0 bridgehead atoms. The van der Waals surface area contributed by atoms with Gasteiger partial charge in [0.2, 0.25) is 0 Å². The molecule has 0 unspecified atom stereocenters. The Hall–Kier alpha value is -1.47. The van der Waals surface area contributed by atoms with Crippen molar-refractivity contribution in [2.45, 2.75) is 102 Å². The van der Waals surface area contributed by atoms with Gasteiger partial charge in [0.1, 0.15) is 5.75 Å². The highest BCUT2D eigenvalue weighted by atomic mass is 32.2. The minimum Gasteiger partial charge on any atom is -0.493 e. The molecule has 0 spiro atoms. The van der Waals surface area contributed by atoms with Gasteiger partial charge in [-0.25, -0.2) is 0 Å². The summed E-state index contributed by atoms with van der Waals surface area (Å²) in [6, 6.07) is 7.35. The molecule has 0 radical (unpaired) electrons. The Labute approximate surface area is 241 Å². The number of hydrogen-bond acceptors (Lipinski definition) is 5. The van der Waals surface area contributed by atoms with E-state index in [1.807, 2.05) is 11.9 Å². The summed E-state index contributed by atoms with van der Waals surface area (Å²) in [5.74, 6) is 1.90. The third-order valence-electron chi connectivity index (χ3n) is 9.20. The van der Waals surface area contributed by atoms with Crippen LogP contribution in [-0.2, 0) is 22.1 Å². The van der Waals surface area contributed by atoms with E-state index in [0.29, 0.717) is 0 Å². The lowest BCUT2D eigenvalue weighted by Gasteiger charge is -2.37. The fraction of sp³-hybridized carbons (Fsp3) is 0.697. The Balaban J connectivity index is 1.48. The van der Waals surface area contributed by atoms with Gasteiger partial charge in [0.15, 0.2) is 0 Å². The number of benzene rings is 1. The van der Waals surface area contributed by atoms with Crippen LogP contribution in [0.15, 0.2) is 23.1 Å². The van der Waals surface area contributed by atoms with E-state index < -0.39 is 0 Å². The molecule has 1 aromatic carbocycles. The van der Waals surface area contributed by atoms with Crippen LogP contribution in [0.2, 0.25) is 0 Å². The van der Waals surface area contributed by atoms with Crippen LogP contribution in [0.5, 0.6) is 5.75 Å². The summed E-state index contributed by atoms with van der Waals surface area (Å²) in [6.07, 6.45) is 7.93. The zero-order valence-electron chi connectivity index (χ0n) is 25.3. The van der Waals surface area contributed by atoms with Gasteiger partial charge < -0.3 is 14.0 Å². The van der Waals surface area contributed by atoms with Crippen LogP contribution < -0.4 is 9.46 Å². The number of rotatable bonds is 8. The molecule has 2 fully saturated rings. The van der Waals surface area contributed by atoms with Crippen molar-refractivity contribution < 1.29 is 9.47 Å². The molecule has 1 N–H and O–H groups in total. The molecular weight excluding hydrogens is 502 g/mol. The number of aromatic nitrogens is 1. The fourth-order valence-electron chi connectivity index (χ4n) is 6.52. The first-order chi connectivity index (χ1) is 18.6. The number of ether oxygens (including phenoxy) is 2. The Morgan fingerprint density at radius 1 is 1.03 bits per heavy atom. The van der Waals surface area contributed by atoms with Crippen LogP contribution in [0.4, 0.5) is 0 Å². The number of fused-ring (bicyclic) bond motifs is 1. The highest BCUT2D eigenvalue weighted by molar-refractivity contribution is 7.97. The van der Waals surface area contributed by atoms with Crippen LogP contribution in [0, 0.1) is 12.8 Å². The average Bonchev–Trinajstić information content (AvgIpc) is 3.21. The Morgan fingerprint density at radius 3 is 2.49 bits per heavy atom. The summed E-state index contributed by atoms with van der Waals surface area (Å²) in [4.78, 5) is 3.85. The van der Waals surface area contributed by atoms with Crippen molar-refractivity contribution in [1.82, 2.24) is 14.2 Å². The van der Waals surface area contributed by atoms with E-state index in [1.165, 1.54) is 65.1 Å². The van der Waals surface area contributed by atoms with Crippen molar-refractivity contribution in [3.8, 4) is 17.0 Å². The summed E-state index contributed by atoms with van der Waals surface area (Å²) in [6.45, 7) is 21.8. The molecular formula is C33H51N3O2S. The molecule has 2 aliphatic heterocycles. The normalized spacial score (nSPS) is 20.6. The Morgan fingerprint density at radius 2 is 1.77 bits per heavy atom. The molecule has 1 aromatic heterocycles. The van der Waals surface area contributed by atoms with E-state index in [1.54, 1.807) is 0 Å². The number of morpholine rings is 1. The van der Waals surface area contributed by atoms with Crippen LogP contribution in [0.25, 0.3) is 11.3 Å². The summed E-state index contributed by atoms with van der Waals surface area (Å²) >= 11 is 1.81. The fourth-order valence-corrected chi connectivity index (χ4v) is 7.30. The Kier molecular flexibility index (Phi) is 9.07. The molecule has 1 saturated carbocycles. The quantitative estimate of drug-likeness (QED) is 0.274. The highest BCUT2D eigenvalue weighted by Crippen LogP contribution is 2.47. The van der Waals surface area contributed by atoms with Crippen LogP contribution in [0.1, 0.15) is 90.0 Å². The van der Waals surface area contributed by atoms with Crippen LogP contribution in [0.3, 0.4) is 0 Å². The molecule has 39 heavy (non-hydrogen) atoms. The van der Waals surface area contributed by atoms with E-state index in [4.69, 9.17) is 9.47 Å². The number of nitrogens with one attached hydrogen (secondary N) is 1. The molecule has 1 aliphatic carbocycles. The average molecular weight is 554 g/mol. The molecule has 0 amide bonds. The van der Waals surface area contributed by atoms with Gasteiger partial charge in [-0.2, -0.15) is 0 Å². The van der Waals surface area contributed by atoms with Gasteiger partial charge in [-0.3, -0.25) is 9.62 Å². The maximum atomic E-state index is 6.37. The van der Waals surface area contributed by atoms with E-state index in [-0.39, 0.29) is 10.8 Å².